The number of ether oxygens (including phenoxy) is 1. The Kier molecular flexibility index (Phi) is 4.31. The summed E-state index contributed by atoms with van der Waals surface area (Å²) in [5.74, 6) is 0. The topological polar surface area (TPSA) is 34.2 Å². The van der Waals surface area contributed by atoms with Crippen LogP contribution in [0.2, 0.25) is 0 Å². The molecular weight excluding hydrogens is 200 g/mol. The van der Waals surface area contributed by atoms with E-state index in [-0.39, 0.29) is 0 Å². The number of nitrogens with one attached hydrogen (secondary N) is 1. The molecule has 2 heterocycles. The molecule has 1 saturated heterocycles. The van der Waals surface area contributed by atoms with E-state index in [0.29, 0.717) is 6.04 Å². The lowest BCUT2D eigenvalue weighted by molar-refractivity contribution is 0.142. The Hall–Kier alpha value is -0.930. The van der Waals surface area contributed by atoms with Crippen LogP contribution in [0.5, 0.6) is 0 Å². The Morgan fingerprint density at radius 1 is 1.44 bits per heavy atom. The predicted octanol–water partition coefficient (Wildman–Crippen LogP) is 2.05. The molecule has 0 radical (unpaired) electrons. The molecule has 2 rings (SSSR count). The third-order valence-electron chi connectivity index (χ3n) is 3.17. The first kappa shape index (κ1) is 11.6. The summed E-state index contributed by atoms with van der Waals surface area (Å²) in [6.07, 6.45) is 7.31. The number of pyridine rings is 1. The van der Waals surface area contributed by atoms with E-state index in [9.17, 15) is 0 Å². The van der Waals surface area contributed by atoms with Gasteiger partial charge in [-0.05, 0) is 43.4 Å². The van der Waals surface area contributed by atoms with Gasteiger partial charge in [-0.1, -0.05) is 0 Å². The Morgan fingerprint density at radius 2 is 2.38 bits per heavy atom. The molecule has 0 spiro atoms. The molecular formula is C13H20N2O. The highest BCUT2D eigenvalue weighted by molar-refractivity contribution is 5.21. The van der Waals surface area contributed by atoms with Gasteiger partial charge in [0, 0.05) is 38.2 Å². The van der Waals surface area contributed by atoms with Crippen LogP contribution in [0.25, 0.3) is 0 Å². The monoisotopic (exact) mass is 220 g/mol. The van der Waals surface area contributed by atoms with Crippen LogP contribution >= 0.6 is 0 Å². The number of aryl methyl sites for hydroxylation is 1. The molecule has 0 saturated carbocycles. The van der Waals surface area contributed by atoms with Crippen molar-refractivity contribution in [2.75, 3.05) is 13.2 Å². The molecule has 1 aromatic rings. The molecule has 1 fully saturated rings. The van der Waals surface area contributed by atoms with Gasteiger partial charge >= 0.3 is 0 Å². The standard InChI is InChI=1S/C13H20N2O/c1-11-9-14-6-4-12(11)10-15-13-3-2-7-16-8-5-13/h4,6,9,13,15H,2-3,5,7-8,10H2,1H3. The minimum absolute atomic E-state index is 0.607. The molecule has 1 aromatic heterocycles. The summed E-state index contributed by atoms with van der Waals surface area (Å²) in [6.45, 7) is 4.87. The number of hydrogen-bond acceptors (Lipinski definition) is 3. The van der Waals surface area contributed by atoms with Crippen LogP contribution in [0, 0.1) is 6.92 Å². The molecule has 0 amide bonds. The van der Waals surface area contributed by atoms with E-state index in [1.165, 1.54) is 24.0 Å². The lowest BCUT2D eigenvalue weighted by Gasteiger charge is -2.16. The average molecular weight is 220 g/mol. The van der Waals surface area contributed by atoms with E-state index in [4.69, 9.17) is 4.74 Å². The van der Waals surface area contributed by atoms with Gasteiger partial charge in [-0.15, -0.1) is 0 Å². The minimum atomic E-state index is 0.607. The Balaban J connectivity index is 1.84. The van der Waals surface area contributed by atoms with Crippen LogP contribution in [-0.2, 0) is 11.3 Å². The highest BCUT2D eigenvalue weighted by Gasteiger charge is 2.11. The first-order valence-electron chi connectivity index (χ1n) is 6.07. The zero-order chi connectivity index (χ0) is 11.2. The van der Waals surface area contributed by atoms with Crippen molar-refractivity contribution in [1.29, 1.82) is 0 Å². The first-order valence-corrected chi connectivity index (χ1v) is 6.07. The van der Waals surface area contributed by atoms with E-state index in [0.717, 1.165) is 26.2 Å². The second kappa shape index (κ2) is 5.97. The quantitative estimate of drug-likeness (QED) is 0.846. The molecule has 1 N–H and O–H groups in total. The zero-order valence-corrected chi connectivity index (χ0v) is 9.91. The van der Waals surface area contributed by atoms with Crippen molar-refractivity contribution in [1.82, 2.24) is 10.3 Å². The van der Waals surface area contributed by atoms with Crippen LogP contribution in [0.4, 0.5) is 0 Å². The van der Waals surface area contributed by atoms with Crippen LogP contribution in [0.15, 0.2) is 18.5 Å². The van der Waals surface area contributed by atoms with Gasteiger partial charge in [0.15, 0.2) is 0 Å². The second-order valence-electron chi connectivity index (χ2n) is 4.42. The summed E-state index contributed by atoms with van der Waals surface area (Å²) in [5, 5.41) is 3.61. The normalized spacial score (nSPS) is 21.7. The van der Waals surface area contributed by atoms with Crippen molar-refractivity contribution in [3.63, 3.8) is 0 Å². The van der Waals surface area contributed by atoms with Crippen LogP contribution in [0.3, 0.4) is 0 Å². The lowest BCUT2D eigenvalue weighted by atomic mass is 10.1. The number of rotatable bonds is 3. The van der Waals surface area contributed by atoms with Gasteiger partial charge in [-0.2, -0.15) is 0 Å². The average Bonchev–Trinajstić information content (AvgIpc) is 2.56. The molecule has 1 atom stereocenters. The summed E-state index contributed by atoms with van der Waals surface area (Å²) in [4.78, 5) is 4.11. The van der Waals surface area contributed by atoms with Gasteiger partial charge in [0.25, 0.3) is 0 Å². The van der Waals surface area contributed by atoms with Gasteiger partial charge in [0.2, 0.25) is 0 Å². The molecule has 3 nitrogen and oxygen atoms in total. The van der Waals surface area contributed by atoms with Crippen molar-refractivity contribution in [2.24, 2.45) is 0 Å². The minimum Gasteiger partial charge on any atom is -0.381 e. The largest absolute Gasteiger partial charge is 0.381 e. The van der Waals surface area contributed by atoms with Crippen molar-refractivity contribution in [3.8, 4) is 0 Å². The molecule has 16 heavy (non-hydrogen) atoms. The van der Waals surface area contributed by atoms with E-state index >= 15 is 0 Å². The third-order valence-corrected chi connectivity index (χ3v) is 3.17. The van der Waals surface area contributed by atoms with Gasteiger partial charge in [0.05, 0.1) is 0 Å². The third kappa shape index (κ3) is 3.29. The highest BCUT2D eigenvalue weighted by atomic mass is 16.5. The van der Waals surface area contributed by atoms with E-state index in [1.807, 2.05) is 12.4 Å². The van der Waals surface area contributed by atoms with Crippen molar-refractivity contribution >= 4 is 0 Å². The predicted molar refractivity (Wildman–Crippen MR) is 64.3 cm³/mol. The highest BCUT2D eigenvalue weighted by Crippen LogP contribution is 2.10. The fourth-order valence-electron chi connectivity index (χ4n) is 2.06. The molecule has 1 unspecified atom stereocenters. The number of aromatic nitrogens is 1. The Morgan fingerprint density at radius 3 is 3.25 bits per heavy atom. The van der Waals surface area contributed by atoms with E-state index in [2.05, 4.69) is 23.3 Å². The lowest BCUT2D eigenvalue weighted by Crippen LogP contribution is -2.29. The van der Waals surface area contributed by atoms with Gasteiger partial charge < -0.3 is 10.1 Å². The van der Waals surface area contributed by atoms with Gasteiger partial charge in [0.1, 0.15) is 0 Å². The fourth-order valence-corrected chi connectivity index (χ4v) is 2.06. The fraction of sp³-hybridized carbons (Fsp3) is 0.615. The number of nitrogens with zero attached hydrogens (tertiary/aromatic N) is 1. The SMILES string of the molecule is Cc1cnccc1CNC1CCCOCC1. The maximum Gasteiger partial charge on any atom is 0.0480 e. The zero-order valence-electron chi connectivity index (χ0n) is 9.91. The second-order valence-corrected chi connectivity index (χ2v) is 4.42. The van der Waals surface area contributed by atoms with Gasteiger partial charge in [-0.3, -0.25) is 4.98 Å². The Labute approximate surface area is 97.2 Å². The summed E-state index contributed by atoms with van der Waals surface area (Å²) >= 11 is 0. The molecule has 88 valence electrons. The molecule has 3 heteroatoms. The van der Waals surface area contributed by atoms with Crippen molar-refractivity contribution in [2.45, 2.75) is 38.8 Å². The first-order chi connectivity index (χ1) is 7.86. The van der Waals surface area contributed by atoms with Crippen LogP contribution < -0.4 is 5.32 Å². The summed E-state index contributed by atoms with van der Waals surface area (Å²) < 4.78 is 5.45. The number of hydrogen-bond donors (Lipinski definition) is 1. The molecule has 0 bridgehead atoms. The molecule has 1 aliphatic heterocycles. The van der Waals surface area contributed by atoms with Crippen LogP contribution in [-0.4, -0.2) is 24.2 Å². The molecule has 0 aliphatic carbocycles. The maximum atomic E-state index is 5.45. The van der Waals surface area contributed by atoms with Gasteiger partial charge in [-0.25, -0.2) is 0 Å². The van der Waals surface area contributed by atoms with E-state index < -0.39 is 0 Å². The summed E-state index contributed by atoms with van der Waals surface area (Å²) in [7, 11) is 0. The summed E-state index contributed by atoms with van der Waals surface area (Å²) in [6, 6.07) is 2.70. The molecule has 1 aliphatic rings. The van der Waals surface area contributed by atoms with Crippen molar-refractivity contribution < 1.29 is 4.74 Å². The summed E-state index contributed by atoms with van der Waals surface area (Å²) in [5.41, 5.74) is 2.61. The van der Waals surface area contributed by atoms with Crippen LogP contribution in [0.1, 0.15) is 30.4 Å². The Bertz CT molecular complexity index is 319. The van der Waals surface area contributed by atoms with E-state index in [1.54, 1.807) is 0 Å². The van der Waals surface area contributed by atoms with Crippen molar-refractivity contribution in [3.05, 3.63) is 29.6 Å². The molecule has 0 aromatic carbocycles. The maximum absolute atomic E-state index is 5.45. The smallest absolute Gasteiger partial charge is 0.0480 e.